The molecule has 0 saturated heterocycles. The fourth-order valence-corrected chi connectivity index (χ4v) is 1.70. The largest absolute Gasteiger partial charge is 0.465 e. The molecule has 0 aliphatic rings. The van der Waals surface area contributed by atoms with Gasteiger partial charge in [-0.15, -0.1) is 0 Å². The maximum Gasteiger partial charge on any atom is 0.312 e. The Morgan fingerprint density at radius 3 is 2.33 bits per heavy atom. The normalized spacial score (nSPS) is 15.0. The first-order valence-corrected chi connectivity index (χ1v) is 7.36. The zero-order valence-corrected chi connectivity index (χ0v) is 12.7. The maximum atomic E-state index is 11.8. The van der Waals surface area contributed by atoms with E-state index >= 15 is 0 Å². The quantitative estimate of drug-likeness (QED) is 0.444. The van der Waals surface area contributed by atoms with Gasteiger partial charge in [0.1, 0.15) is 0 Å². The van der Waals surface area contributed by atoms with E-state index in [4.69, 9.17) is 4.74 Å². The van der Waals surface area contributed by atoms with Gasteiger partial charge in [0.05, 0.1) is 12.5 Å². The number of carbonyl (C=O) groups excluding carboxylic acids is 1. The van der Waals surface area contributed by atoms with Gasteiger partial charge in [-0.1, -0.05) is 59.1 Å². The average Bonchev–Trinajstić information content (AvgIpc) is 2.35. The van der Waals surface area contributed by atoms with E-state index in [1.54, 1.807) is 0 Å². The summed E-state index contributed by atoms with van der Waals surface area (Å²) in [5.41, 5.74) is 0. The minimum Gasteiger partial charge on any atom is -0.465 e. The molecule has 0 amide bonds. The molecular formula is C16H30O2. The van der Waals surface area contributed by atoms with Gasteiger partial charge >= 0.3 is 5.97 Å². The van der Waals surface area contributed by atoms with Crippen molar-refractivity contribution in [3.8, 4) is 0 Å². The number of hydrogen-bond acceptors (Lipinski definition) is 2. The highest BCUT2D eigenvalue weighted by atomic mass is 16.5. The standard InChI is InChI=1S/C16H30O2/c1-6-8-9-15(7-2)12-18-16(17)14(5)11-10-13(3)4/h10-11,13-15H,6-9,12H2,1-5H3/b11-10-. The maximum absolute atomic E-state index is 11.8. The van der Waals surface area contributed by atoms with E-state index in [0.29, 0.717) is 18.4 Å². The zero-order valence-electron chi connectivity index (χ0n) is 12.7. The number of allylic oxidation sites excluding steroid dienone is 1. The molecule has 2 nitrogen and oxygen atoms in total. The summed E-state index contributed by atoms with van der Waals surface area (Å²) in [5, 5.41) is 0. The Hall–Kier alpha value is -0.790. The lowest BCUT2D eigenvalue weighted by Crippen LogP contribution is -2.18. The highest BCUT2D eigenvalue weighted by molar-refractivity contribution is 5.73. The summed E-state index contributed by atoms with van der Waals surface area (Å²) in [4.78, 5) is 11.8. The summed E-state index contributed by atoms with van der Waals surface area (Å²) in [5.74, 6) is 0.779. The van der Waals surface area contributed by atoms with Crippen molar-refractivity contribution in [1.29, 1.82) is 0 Å². The molecule has 18 heavy (non-hydrogen) atoms. The van der Waals surface area contributed by atoms with Crippen molar-refractivity contribution < 1.29 is 9.53 Å². The molecular weight excluding hydrogens is 224 g/mol. The Balaban J connectivity index is 3.99. The van der Waals surface area contributed by atoms with Crippen molar-refractivity contribution >= 4 is 5.97 Å². The number of carbonyl (C=O) groups is 1. The molecule has 0 aromatic carbocycles. The molecule has 106 valence electrons. The summed E-state index contributed by atoms with van der Waals surface area (Å²) in [6.07, 6.45) is 8.68. The second-order valence-corrected chi connectivity index (χ2v) is 5.46. The average molecular weight is 254 g/mol. The molecule has 2 atom stereocenters. The molecule has 0 radical (unpaired) electrons. The predicted molar refractivity (Wildman–Crippen MR) is 77.4 cm³/mol. The summed E-state index contributed by atoms with van der Waals surface area (Å²) in [6, 6.07) is 0. The van der Waals surface area contributed by atoms with Gasteiger partial charge in [0.25, 0.3) is 0 Å². The van der Waals surface area contributed by atoms with Gasteiger partial charge in [-0.3, -0.25) is 4.79 Å². The number of esters is 1. The van der Waals surface area contributed by atoms with Crippen molar-refractivity contribution in [1.82, 2.24) is 0 Å². The van der Waals surface area contributed by atoms with Crippen LogP contribution in [0.1, 0.15) is 60.3 Å². The molecule has 0 N–H and O–H groups in total. The first kappa shape index (κ1) is 17.2. The summed E-state index contributed by atoms with van der Waals surface area (Å²) < 4.78 is 5.40. The Labute approximate surface area is 113 Å². The van der Waals surface area contributed by atoms with E-state index in [0.717, 1.165) is 12.8 Å². The second-order valence-electron chi connectivity index (χ2n) is 5.46. The molecule has 0 bridgehead atoms. The molecule has 0 saturated carbocycles. The Morgan fingerprint density at radius 2 is 1.83 bits per heavy atom. The van der Waals surface area contributed by atoms with Crippen molar-refractivity contribution in [3.05, 3.63) is 12.2 Å². The predicted octanol–water partition coefficient (Wildman–Crippen LogP) is 4.59. The van der Waals surface area contributed by atoms with Crippen LogP contribution in [0.4, 0.5) is 0 Å². The first-order valence-electron chi connectivity index (χ1n) is 7.36. The smallest absolute Gasteiger partial charge is 0.312 e. The van der Waals surface area contributed by atoms with Gasteiger partial charge in [-0.25, -0.2) is 0 Å². The van der Waals surface area contributed by atoms with Gasteiger partial charge in [0.15, 0.2) is 0 Å². The Kier molecular flexibility index (Phi) is 9.72. The summed E-state index contributed by atoms with van der Waals surface area (Å²) >= 11 is 0. The van der Waals surface area contributed by atoms with E-state index in [1.165, 1.54) is 12.8 Å². The van der Waals surface area contributed by atoms with Crippen molar-refractivity contribution in [2.24, 2.45) is 17.8 Å². The van der Waals surface area contributed by atoms with Crippen LogP contribution in [-0.4, -0.2) is 12.6 Å². The molecule has 0 aromatic rings. The number of unbranched alkanes of at least 4 members (excludes halogenated alkanes) is 1. The SMILES string of the molecule is CCCCC(CC)COC(=O)C(C)/C=C\C(C)C. The van der Waals surface area contributed by atoms with E-state index in [9.17, 15) is 4.79 Å². The fraction of sp³-hybridized carbons (Fsp3) is 0.812. The lowest BCUT2D eigenvalue weighted by atomic mass is 10.0. The van der Waals surface area contributed by atoms with Crippen molar-refractivity contribution in [2.45, 2.75) is 60.3 Å². The molecule has 2 heteroatoms. The lowest BCUT2D eigenvalue weighted by Gasteiger charge is -2.16. The fourth-order valence-electron chi connectivity index (χ4n) is 1.70. The van der Waals surface area contributed by atoms with Crippen LogP contribution in [-0.2, 0) is 9.53 Å². The highest BCUT2D eigenvalue weighted by Gasteiger charge is 2.14. The lowest BCUT2D eigenvalue weighted by molar-refractivity contribution is -0.147. The van der Waals surface area contributed by atoms with E-state index in [-0.39, 0.29) is 11.9 Å². The minimum absolute atomic E-state index is 0.0955. The zero-order chi connectivity index (χ0) is 14.0. The van der Waals surface area contributed by atoms with Crippen molar-refractivity contribution in [2.75, 3.05) is 6.61 Å². The van der Waals surface area contributed by atoms with Gasteiger partial charge in [0, 0.05) is 0 Å². The van der Waals surface area contributed by atoms with Crippen LogP contribution in [0.5, 0.6) is 0 Å². The first-order chi connectivity index (χ1) is 8.51. The molecule has 0 fully saturated rings. The van der Waals surface area contributed by atoms with Gasteiger partial charge in [-0.05, 0) is 25.2 Å². The van der Waals surface area contributed by atoms with Gasteiger partial charge in [0.2, 0.25) is 0 Å². The third-order valence-corrected chi connectivity index (χ3v) is 3.16. The van der Waals surface area contributed by atoms with Gasteiger partial charge in [-0.2, -0.15) is 0 Å². The Morgan fingerprint density at radius 1 is 1.17 bits per heavy atom. The van der Waals surface area contributed by atoms with E-state index in [2.05, 4.69) is 33.8 Å². The number of rotatable bonds is 9. The topological polar surface area (TPSA) is 26.3 Å². The monoisotopic (exact) mass is 254 g/mol. The molecule has 0 spiro atoms. The summed E-state index contributed by atoms with van der Waals surface area (Å²) in [7, 11) is 0. The molecule has 0 heterocycles. The number of ether oxygens (including phenoxy) is 1. The molecule has 0 aromatic heterocycles. The minimum atomic E-state index is -0.129. The molecule has 2 unspecified atom stereocenters. The second kappa shape index (κ2) is 10.2. The number of hydrogen-bond donors (Lipinski definition) is 0. The van der Waals surface area contributed by atoms with E-state index in [1.807, 2.05) is 13.0 Å². The van der Waals surface area contributed by atoms with Crippen LogP contribution in [0.25, 0.3) is 0 Å². The third kappa shape index (κ3) is 8.32. The summed E-state index contributed by atoms with van der Waals surface area (Å²) in [6.45, 7) is 11.0. The van der Waals surface area contributed by atoms with Crippen LogP contribution < -0.4 is 0 Å². The van der Waals surface area contributed by atoms with Gasteiger partial charge < -0.3 is 4.74 Å². The van der Waals surface area contributed by atoms with Crippen LogP contribution >= 0.6 is 0 Å². The molecule has 0 aliphatic carbocycles. The molecule has 0 rings (SSSR count). The van der Waals surface area contributed by atoms with Crippen LogP contribution in [0, 0.1) is 17.8 Å². The molecule has 0 aliphatic heterocycles. The van der Waals surface area contributed by atoms with Crippen LogP contribution in [0.3, 0.4) is 0 Å². The van der Waals surface area contributed by atoms with Crippen LogP contribution in [0.15, 0.2) is 12.2 Å². The third-order valence-electron chi connectivity index (χ3n) is 3.16. The van der Waals surface area contributed by atoms with Crippen LogP contribution in [0.2, 0.25) is 0 Å². The van der Waals surface area contributed by atoms with E-state index < -0.39 is 0 Å². The van der Waals surface area contributed by atoms with Crippen molar-refractivity contribution in [3.63, 3.8) is 0 Å². The Bertz CT molecular complexity index is 243. The highest BCUT2D eigenvalue weighted by Crippen LogP contribution is 2.14.